The Bertz CT molecular complexity index is 823. The van der Waals surface area contributed by atoms with Gasteiger partial charge in [-0.05, 0) is 82.3 Å². The van der Waals surface area contributed by atoms with Crippen LogP contribution in [0.25, 0.3) is 0 Å². The highest BCUT2D eigenvalue weighted by Crippen LogP contribution is 2.21. The van der Waals surface area contributed by atoms with Crippen LogP contribution in [0.5, 0.6) is 0 Å². The van der Waals surface area contributed by atoms with Crippen molar-refractivity contribution in [3.05, 3.63) is 64.2 Å². The topological polar surface area (TPSA) is 44.4 Å². The minimum Gasteiger partial charge on any atom is -0.338 e. The van der Waals surface area contributed by atoms with E-state index in [2.05, 4.69) is 60.6 Å². The molecule has 0 radical (unpaired) electrons. The summed E-state index contributed by atoms with van der Waals surface area (Å²) in [7, 11) is 0. The third kappa shape index (κ3) is 5.59. The fourth-order valence-electron chi connectivity index (χ4n) is 3.92. The minimum atomic E-state index is -0.107. The highest BCUT2D eigenvalue weighted by Gasteiger charge is 2.20. The molecule has 28 heavy (non-hydrogen) atoms. The number of aryl methyl sites for hydroxylation is 4. The van der Waals surface area contributed by atoms with Gasteiger partial charge in [-0.15, -0.1) is 0 Å². The largest absolute Gasteiger partial charge is 0.338 e. The molecule has 4 heteroatoms. The lowest BCUT2D eigenvalue weighted by atomic mass is 9.96. The summed E-state index contributed by atoms with van der Waals surface area (Å²) in [6.07, 6.45) is 2.27. The average molecular weight is 380 g/mol. The number of anilines is 1. The molecule has 150 valence electrons. The van der Waals surface area contributed by atoms with Crippen molar-refractivity contribution in [1.29, 1.82) is 0 Å². The fraction of sp³-hybridized carbons (Fsp3) is 0.458. The summed E-state index contributed by atoms with van der Waals surface area (Å²) in [5, 5.41) is 6.02. The van der Waals surface area contributed by atoms with Crippen LogP contribution < -0.4 is 10.6 Å². The molecular formula is C24H33N3O. The van der Waals surface area contributed by atoms with Gasteiger partial charge in [-0.3, -0.25) is 4.90 Å². The molecule has 0 unspecified atom stereocenters. The van der Waals surface area contributed by atoms with E-state index in [1.807, 2.05) is 19.1 Å². The van der Waals surface area contributed by atoms with E-state index in [0.717, 1.165) is 50.3 Å². The monoisotopic (exact) mass is 379 g/mol. The first kappa shape index (κ1) is 20.4. The van der Waals surface area contributed by atoms with E-state index in [1.54, 1.807) is 0 Å². The lowest BCUT2D eigenvalue weighted by Crippen LogP contribution is -2.39. The zero-order valence-corrected chi connectivity index (χ0v) is 17.6. The van der Waals surface area contributed by atoms with Crippen molar-refractivity contribution in [2.24, 2.45) is 5.92 Å². The Labute approximate surface area is 169 Å². The fourth-order valence-corrected chi connectivity index (χ4v) is 3.92. The summed E-state index contributed by atoms with van der Waals surface area (Å²) in [5.74, 6) is 0.555. The molecule has 0 aromatic heterocycles. The van der Waals surface area contributed by atoms with E-state index in [0.29, 0.717) is 5.92 Å². The summed E-state index contributed by atoms with van der Waals surface area (Å²) in [4.78, 5) is 14.8. The van der Waals surface area contributed by atoms with Gasteiger partial charge in [0.1, 0.15) is 0 Å². The molecule has 0 saturated carbocycles. The Hall–Kier alpha value is -2.33. The number of carbonyl (C=O) groups is 1. The Morgan fingerprint density at radius 3 is 2.36 bits per heavy atom. The second-order valence-electron chi connectivity index (χ2n) is 8.30. The van der Waals surface area contributed by atoms with Gasteiger partial charge in [0.05, 0.1) is 0 Å². The second-order valence-corrected chi connectivity index (χ2v) is 8.30. The van der Waals surface area contributed by atoms with Crippen LogP contribution in [0.3, 0.4) is 0 Å². The van der Waals surface area contributed by atoms with Crippen LogP contribution in [-0.4, -0.2) is 30.6 Å². The van der Waals surface area contributed by atoms with Crippen LogP contribution in [-0.2, 0) is 6.54 Å². The van der Waals surface area contributed by atoms with Crippen LogP contribution in [0.2, 0.25) is 0 Å². The number of carbonyl (C=O) groups excluding carboxylic acids is 1. The van der Waals surface area contributed by atoms with Gasteiger partial charge in [-0.1, -0.05) is 41.5 Å². The van der Waals surface area contributed by atoms with Crippen molar-refractivity contribution in [3.63, 3.8) is 0 Å². The predicted octanol–water partition coefficient (Wildman–Crippen LogP) is 4.95. The molecule has 4 nitrogen and oxygen atoms in total. The van der Waals surface area contributed by atoms with Gasteiger partial charge in [0.15, 0.2) is 0 Å². The number of piperidine rings is 1. The van der Waals surface area contributed by atoms with E-state index >= 15 is 0 Å². The summed E-state index contributed by atoms with van der Waals surface area (Å²) >= 11 is 0. The number of hydrogen-bond acceptors (Lipinski definition) is 2. The minimum absolute atomic E-state index is 0.107. The molecule has 2 aromatic rings. The SMILES string of the molecule is Cc1ccc(NC(=O)NCC2CCN(Cc3cc(C)ccc3C)CC2)c(C)c1. The predicted molar refractivity (Wildman–Crippen MR) is 117 cm³/mol. The molecule has 1 aliphatic heterocycles. The van der Waals surface area contributed by atoms with Gasteiger partial charge in [0, 0.05) is 18.8 Å². The molecule has 0 bridgehead atoms. The summed E-state index contributed by atoms with van der Waals surface area (Å²) in [6, 6.07) is 12.7. The number of likely N-dealkylation sites (tertiary alicyclic amines) is 1. The molecular weight excluding hydrogens is 346 g/mol. The van der Waals surface area contributed by atoms with E-state index < -0.39 is 0 Å². The van der Waals surface area contributed by atoms with Gasteiger partial charge >= 0.3 is 6.03 Å². The first-order valence-electron chi connectivity index (χ1n) is 10.3. The van der Waals surface area contributed by atoms with E-state index in [-0.39, 0.29) is 6.03 Å². The normalized spacial score (nSPS) is 15.4. The van der Waals surface area contributed by atoms with Gasteiger partial charge in [0.25, 0.3) is 0 Å². The van der Waals surface area contributed by atoms with Crippen LogP contribution >= 0.6 is 0 Å². The van der Waals surface area contributed by atoms with Crippen LogP contribution in [0, 0.1) is 33.6 Å². The molecule has 1 aliphatic rings. The van der Waals surface area contributed by atoms with E-state index in [4.69, 9.17) is 0 Å². The maximum Gasteiger partial charge on any atom is 0.319 e. The van der Waals surface area contributed by atoms with Gasteiger partial charge in [0.2, 0.25) is 0 Å². The molecule has 2 amide bonds. The molecule has 2 N–H and O–H groups in total. The third-order valence-electron chi connectivity index (χ3n) is 5.79. The lowest BCUT2D eigenvalue weighted by Gasteiger charge is -2.32. The lowest BCUT2D eigenvalue weighted by molar-refractivity contribution is 0.175. The van der Waals surface area contributed by atoms with Crippen molar-refractivity contribution in [2.75, 3.05) is 25.0 Å². The molecule has 1 heterocycles. The van der Waals surface area contributed by atoms with E-state index in [9.17, 15) is 4.79 Å². The smallest absolute Gasteiger partial charge is 0.319 e. The molecule has 3 rings (SSSR count). The zero-order valence-electron chi connectivity index (χ0n) is 17.6. The second kappa shape index (κ2) is 9.24. The van der Waals surface area contributed by atoms with Crippen molar-refractivity contribution in [2.45, 2.75) is 47.1 Å². The Kier molecular flexibility index (Phi) is 6.74. The van der Waals surface area contributed by atoms with Gasteiger partial charge in [-0.2, -0.15) is 0 Å². The highest BCUT2D eigenvalue weighted by molar-refractivity contribution is 5.90. The van der Waals surface area contributed by atoms with Crippen molar-refractivity contribution in [3.8, 4) is 0 Å². The van der Waals surface area contributed by atoms with Crippen LogP contribution in [0.15, 0.2) is 36.4 Å². The Balaban J connectivity index is 1.41. The number of nitrogens with one attached hydrogen (secondary N) is 2. The number of benzene rings is 2. The van der Waals surface area contributed by atoms with E-state index in [1.165, 1.54) is 22.3 Å². The Morgan fingerprint density at radius 1 is 0.964 bits per heavy atom. The number of rotatable bonds is 5. The van der Waals surface area contributed by atoms with Gasteiger partial charge < -0.3 is 10.6 Å². The number of nitrogens with zero attached hydrogens (tertiary/aromatic N) is 1. The molecule has 2 aromatic carbocycles. The standard InChI is InChI=1S/C24H33N3O/c1-17-6-8-23(20(4)13-17)26-24(28)25-15-21-9-11-27(12-10-21)16-22-14-18(2)5-7-19(22)3/h5-8,13-14,21H,9-12,15-16H2,1-4H3,(H2,25,26,28). The maximum atomic E-state index is 12.2. The number of amides is 2. The van der Waals surface area contributed by atoms with Crippen molar-refractivity contribution in [1.82, 2.24) is 10.2 Å². The molecule has 0 aliphatic carbocycles. The average Bonchev–Trinajstić information content (AvgIpc) is 2.66. The maximum absolute atomic E-state index is 12.2. The number of hydrogen-bond donors (Lipinski definition) is 2. The van der Waals surface area contributed by atoms with Crippen molar-refractivity contribution < 1.29 is 4.79 Å². The molecule has 1 fully saturated rings. The van der Waals surface area contributed by atoms with Crippen LogP contribution in [0.1, 0.15) is 40.7 Å². The quantitative estimate of drug-likeness (QED) is 0.772. The van der Waals surface area contributed by atoms with Crippen molar-refractivity contribution >= 4 is 11.7 Å². The van der Waals surface area contributed by atoms with Crippen LogP contribution in [0.4, 0.5) is 10.5 Å². The highest BCUT2D eigenvalue weighted by atomic mass is 16.2. The summed E-state index contributed by atoms with van der Waals surface area (Å²) in [6.45, 7) is 12.4. The molecule has 0 spiro atoms. The van der Waals surface area contributed by atoms with Gasteiger partial charge in [-0.25, -0.2) is 4.79 Å². The molecule has 1 saturated heterocycles. The molecule has 0 atom stereocenters. The summed E-state index contributed by atoms with van der Waals surface area (Å²) < 4.78 is 0. The third-order valence-corrected chi connectivity index (χ3v) is 5.79. The number of urea groups is 1. The zero-order chi connectivity index (χ0) is 20.1. The summed E-state index contributed by atoms with van der Waals surface area (Å²) in [5.41, 5.74) is 7.31. The Morgan fingerprint density at radius 2 is 1.64 bits per heavy atom. The first-order chi connectivity index (χ1) is 13.4. The first-order valence-corrected chi connectivity index (χ1v) is 10.3.